The summed E-state index contributed by atoms with van der Waals surface area (Å²) in [6.07, 6.45) is 0. The molecule has 6 heteroatoms. The van der Waals surface area contributed by atoms with Gasteiger partial charge in [-0.15, -0.1) is 0 Å². The van der Waals surface area contributed by atoms with Gasteiger partial charge in [-0.3, -0.25) is 4.79 Å². The second-order valence-electron chi connectivity index (χ2n) is 6.58. The van der Waals surface area contributed by atoms with Crippen LogP contribution in [0.1, 0.15) is 32.9 Å². The Morgan fingerprint density at radius 1 is 1.04 bits per heavy atom. The molecule has 0 saturated carbocycles. The van der Waals surface area contributed by atoms with Crippen molar-refractivity contribution in [3.63, 3.8) is 0 Å². The lowest BCUT2D eigenvalue weighted by molar-refractivity contribution is -0.121. The SMILES string of the molecule is Cc1cccc(N(Cc2ccccc2)C(=O)COC(=O)c2c(C)noc2C)c1. The topological polar surface area (TPSA) is 72.6 Å². The van der Waals surface area contributed by atoms with Crippen LogP contribution < -0.4 is 4.90 Å². The Balaban J connectivity index is 1.77. The van der Waals surface area contributed by atoms with Crippen LogP contribution in [0.2, 0.25) is 0 Å². The smallest absolute Gasteiger partial charge is 0.344 e. The summed E-state index contributed by atoms with van der Waals surface area (Å²) in [5, 5.41) is 3.74. The van der Waals surface area contributed by atoms with E-state index in [4.69, 9.17) is 9.26 Å². The van der Waals surface area contributed by atoms with E-state index >= 15 is 0 Å². The third-order valence-corrected chi connectivity index (χ3v) is 4.36. The van der Waals surface area contributed by atoms with Crippen molar-refractivity contribution >= 4 is 17.6 Å². The minimum absolute atomic E-state index is 0.262. The second kappa shape index (κ2) is 8.52. The molecule has 0 unspecified atom stereocenters. The minimum Gasteiger partial charge on any atom is -0.452 e. The Morgan fingerprint density at radius 2 is 1.79 bits per heavy atom. The number of aromatic nitrogens is 1. The highest BCUT2D eigenvalue weighted by Crippen LogP contribution is 2.20. The van der Waals surface area contributed by atoms with Crippen LogP contribution in [0, 0.1) is 20.8 Å². The normalized spacial score (nSPS) is 10.5. The van der Waals surface area contributed by atoms with Crippen molar-refractivity contribution in [1.29, 1.82) is 0 Å². The van der Waals surface area contributed by atoms with Crippen LogP contribution in [0.15, 0.2) is 59.1 Å². The standard InChI is InChI=1S/C22H22N2O4/c1-15-8-7-11-19(12-15)24(13-18-9-5-4-6-10-18)20(25)14-27-22(26)21-16(2)23-28-17(21)3/h4-12H,13-14H2,1-3H3. The number of aryl methyl sites for hydroxylation is 3. The van der Waals surface area contributed by atoms with Crippen LogP contribution in [0.3, 0.4) is 0 Å². The maximum Gasteiger partial charge on any atom is 0.344 e. The first-order valence-electron chi connectivity index (χ1n) is 8.96. The molecule has 0 aliphatic carbocycles. The summed E-state index contributed by atoms with van der Waals surface area (Å²) in [6.45, 7) is 5.26. The van der Waals surface area contributed by atoms with E-state index < -0.39 is 5.97 Å². The first-order valence-corrected chi connectivity index (χ1v) is 8.96. The van der Waals surface area contributed by atoms with E-state index in [-0.39, 0.29) is 18.1 Å². The number of carbonyl (C=O) groups excluding carboxylic acids is 2. The zero-order valence-electron chi connectivity index (χ0n) is 16.1. The lowest BCUT2D eigenvalue weighted by Crippen LogP contribution is -2.34. The highest BCUT2D eigenvalue weighted by molar-refractivity contribution is 5.97. The highest BCUT2D eigenvalue weighted by atomic mass is 16.5. The van der Waals surface area contributed by atoms with Crippen molar-refractivity contribution < 1.29 is 18.8 Å². The van der Waals surface area contributed by atoms with E-state index in [9.17, 15) is 9.59 Å². The number of carbonyl (C=O) groups is 2. The molecule has 0 aliphatic rings. The number of rotatable bonds is 6. The van der Waals surface area contributed by atoms with E-state index in [2.05, 4.69) is 5.16 Å². The minimum atomic E-state index is -0.617. The molecule has 0 atom stereocenters. The molecule has 1 heterocycles. The van der Waals surface area contributed by atoms with Crippen LogP contribution in [-0.4, -0.2) is 23.6 Å². The average molecular weight is 378 g/mol. The Labute approximate surface area is 163 Å². The van der Waals surface area contributed by atoms with Gasteiger partial charge < -0.3 is 14.2 Å². The number of benzene rings is 2. The molecule has 3 rings (SSSR count). The number of ether oxygens (including phenoxy) is 1. The van der Waals surface area contributed by atoms with E-state index in [1.54, 1.807) is 18.7 Å². The summed E-state index contributed by atoms with van der Waals surface area (Å²) in [7, 11) is 0. The second-order valence-corrected chi connectivity index (χ2v) is 6.58. The van der Waals surface area contributed by atoms with Crippen molar-refractivity contribution in [3.05, 3.63) is 82.7 Å². The Morgan fingerprint density at radius 3 is 2.43 bits per heavy atom. The highest BCUT2D eigenvalue weighted by Gasteiger charge is 2.22. The van der Waals surface area contributed by atoms with E-state index in [1.807, 2.05) is 61.5 Å². The van der Waals surface area contributed by atoms with Crippen LogP contribution >= 0.6 is 0 Å². The van der Waals surface area contributed by atoms with Crippen molar-refractivity contribution in [2.45, 2.75) is 27.3 Å². The summed E-state index contributed by atoms with van der Waals surface area (Å²) >= 11 is 0. The molecule has 0 spiro atoms. The molecule has 0 bridgehead atoms. The Hall–Kier alpha value is -3.41. The van der Waals surface area contributed by atoms with Gasteiger partial charge in [0.25, 0.3) is 5.91 Å². The van der Waals surface area contributed by atoms with Gasteiger partial charge in [-0.2, -0.15) is 0 Å². The maximum atomic E-state index is 12.9. The summed E-state index contributed by atoms with van der Waals surface area (Å²) in [6, 6.07) is 17.3. The molecular weight excluding hydrogens is 356 g/mol. The maximum absolute atomic E-state index is 12.9. The Kier molecular flexibility index (Phi) is 5.89. The number of esters is 1. The fourth-order valence-corrected chi connectivity index (χ4v) is 2.94. The number of hydrogen-bond donors (Lipinski definition) is 0. The summed E-state index contributed by atoms with van der Waals surface area (Å²) in [5.74, 6) is -0.558. The molecule has 0 saturated heterocycles. The van der Waals surface area contributed by atoms with Crippen LogP contribution in [0.5, 0.6) is 0 Å². The van der Waals surface area contributed by atoms with Gasteiger partial charge in [0, 0.05) is 5.69 Å². The summed E-state index contributed by atoms with van der Waals surface area (Å²) in [4.78, 5) is 26.9. The predicted molar refractivity (Wildman–Crippen MR) is 105 cm³/mol. The molecule has 0 radical (unpaired) electrons. The van der Waals surface area contributed by atoms with E-state index in [0.29, 0.717) is 18.0 Å². The number of hydrogen-bond acceptors (Lipinski definition) is 5. The molecule has 2 aromatic carbocycles. The first kappa shape index (κ1) is 19.4. The number of nitrogens with zero attached hydrogens (tertiary/aromatic N) is 2. The van der Waals surface area contributed by atoms with Crippen LogP contribution in [0.4, 0.5) is 5.69 Å². The molecule has 0 fully saturated rings. The van der Waals surface area contributed by atoms with Crippen molar-refractivity contribution in [3.8, 4) is 0 Å². The lowest BCUT2D eigenvalue weighted by atomic mass is 10.1. The molecule has 1 aromatic heterocycles. The molecule has 144 valence electrons. The molecule has 6 nitrogen and oxygen atoms in total. The van der Waals surface area contributed by atoms with E-state index in [0.717, 1.165) is 16.8 Å². The third kappa shape index (κ3) is 4.46. The Bertz CT molecular complexity index is 960. The summed E-state index contributed by atoms with van der Waals surface area (Å²) < 4.78 is 10.2. The first-order chi connectivity index (χ1) is 13.5. The van der Waals surface area contributed by atoms with Gasteiger partial charge in [-0.25, -0.2) is 4.79 Å². The van der Waals surface area contributed by atoms with Gasteiger partial charge >= 0.3 is 5.97 Å². The van der Waals surface area contributed by atoms with Gasteiger partial charge in [-0.1, -0.05) is 47.6 Å². The number of anilines is 1. The fourth-order valence-electron chi connectivity index (χ4n) is 2.94. The van der Waals surface area contributed by atoms with E-state index in [1.165, 1.54) is 0 Å². The summed E-state index contributed by atoms with van der Waals surface area (Å²) in [5.41, 5.74) is 3.47. The van der Waals surface area contributed by atoms with Crippen LogP contribution in [0.25, 0.3) is 0 Å². The average Bonchev–Trinajstić information content (AvgIpc) is 3.03. The zero-order valence-corrected chi connectivity index (χ0v) is 16.1. The van der Waals surface area contributed by atoms with Gasteiger partial charge in [0.15, 0.2) is 6.61 Å². The van der Waals surface area contributed by atoms with Crippen molar-refractivity contribution in [1.82, 2.24) is 5.16 Å². The number of amides is 1. The van der Waals surface area contributed by atoms with Gasteiger partial charge in [0.05, 0.1) is 12.2 Å². The molecule has 1 amide bonds. The third-order valence-electron chi connectivity index (χ3n) is 4.36. The molecular formula is C22H22N2O4. The molecule has 3 aromatic rings. The predicted octanol–water partition coefficient (Wildman–Crippen LogP) is 3.99. The lowest BCUT2D eigenvalue weighted by Gasteiger charge is -2.23. The zero-order chi connectivity index (χ0) is 20.1. The molecule has 0 N–H and O–H groups in total. The van der Waals surface area contributed by atoms with Gasteiger partial charge in [-0.05, 0) is 44.0 Å². The van der Waals surface area contributed by atoms with Crippen LogP contribution in [-0.2, 0) is 16.1 Å². The monoisotopic (exact) mass is 378 g/mol. The molecule has 28 heavy (non-hydrogen) atoms. The van der Waals surface area contributed by atoms with Gasteiger partial charge in [0.1, 0.15) is 11.3 Å². The van der Waals surface area contributed by atoms with Crippen molar-refractivity contribution in [2.24, 2.45) is 0 Å². The fraction of sp³-hybridized carbons (Fsp3) is 0.227. The quantitative estimate of drug-likeness (QED) is 0.607. The molecule has 0 aliphatic heterocycles. The van der Waals surface area contributed by atoms with Gasteiger partial charge in [0.2, 0.25) is 0 Å². The van der Waals surface area contributed by atoms with Crippen molar-refractivity contribution in [2.75, 3.05) is 11.5 Å². The largest absolute Gasteiger partial charge is 0.452 e.